The molecule has 1 heterocycles. The lowest BCUT2D eigenvalue weighted by atomic mass is 10.0. The molecule has 1 atom stereocenters. The van der Waals surface area contributed by atoms with Crippen LogP contribution in [0.4, 0.5) is 10.5 Å². The molecule has 1 aromatic rings. The first-order valence-electron chi connectivity index (χ1n) is 7.58. The van der Waals surface area contributed by atoms with Crippen LogP contribution in [0.25, 0.3) is 0 Å². The normalized spacial score (nSPS) is 19.1. The summed E-state index contributed by atoms with van der Waals surface area (Å²) in [7, 11) is 0. The third-order valence-corrected chi connectivity index (χ3v) is 3.60. The highest BCUT2D eigenvalue weighted by Crippen LogP contribution is 2.16. The Hall–Kier alpha value is -1.59. The van der Waals surface area contributed by atoms with Crippen molar-refractivity contribution in [3.05, 3.63) is 29.8 Å². The van der Waals surface area contributed by atoms with E-state index in [-0.39, 0.29) is 6.03 Å². The fourth-order valence-electron chi connectivity index (χ4n) is 2.25. The molecule has 1 aromatic carbocycles. The van der Waals surface area contributed by atoms with Crippen LogP contribution in [-0.4, -0.2) is 38.9 Å². The van der Waals surface area contributed by atoms with Gasteiger partial charge in [0.2, 0.25) is 0 Å². The molecular weight excluding hydrogens is 266 g/mol. The summed E-state index contributed by atoms with van der Waals surface area (Å²) in [5.74, 6) is 0.817. The van der Waals surface area contributed by atoms with Crippen LogP contribution in [0.1, 0.15) is 25.3 Å². The largest absolute Gasteiger partial charge is 0.380 e. The molecule has 0 spiro atoms. The summed E-state index contributed by atoms with van der Waals surface area (Å²) in [6, 6.07) is 7.79. The lowest BCUT2D eigenvalue weighted by Crippen LogP contribution is -2.37. The van der Waals surface area contributed by atoms with E-state index in [9.17, 15) is 4.79 Å². The highest BCUT2D eigenvalue weighted by atomic mass is 16.5. The Morgan fingerprint density at radius 1 is 1.38 bits per heavy atom. The fraction of sp³-hybridized carbons (Fsp3) is 0.562. The summed E-state index contributed by atoms with van der Waals surface area (Å²) in [6.45, 7) is 8.11. The van der Waals surface area contributed by atoms with Gasteiger partial charge < -0.3 is 20.7 Å². The second-order valence-corrected chi connectivity index (χ2v) is 5.76. The van der Waals surface area contributed by atoms with Gasteiger partial charge in [0.15, 0.2) is 0 Å². The molecule has 1 aliphatic rings. The number of carbonyl (C=O) groups is 1. The van der Waals surface area contributed by atoms with E-state index >= 15 is 0 Å². The van der Waals surface area contributed by atoms with E-state index in [4.69, 9.17) is 4.74 Å². The van der Waals surface area contributed by atoms with Crippen LogP contribution in [0, 0.1) is 5.92 Å². The number of anilines is 1. The first-order valence-corrected chi connectivity index (χ1v) is 7.58. The van der Waals surface area contributed by atoms with Gasteiger partial charge in [0.25, 0.3) is 0 Å². The van der Waals surface area contributed by atoms with Crippen molar-refractivity contribution in [1.82, 2.24) is 10.6 Å². The Morgan fingerprint density at radius 2 is 2.14 bits per heavy atom. The molecule has 5 nitrogen and oxygen atoms in total. The molecule has 0 bridgehead atoms. The van der Waals surface area contributed by atoms with Crippen molar-refractivity contribution < 1.29 is 9.53 Å². The van der Waals surface area contributed by atoms with Gasteiger partial charge in [-0.05, 0) is 23.6 Å². The summed E-state index contributed by atoms with van der Waals surface area (Å²) in [5.41, 5.74) is 2.08. The van der Waals surface area contributed by atoms with Gasteiger partial charge in [-0.2, -0.15) is 0 Å². The van der Waals surface area contributed by atoms with Crippen LogP contribution in [0.3, 0.4) is 0 Å². The standard InChI is InChI=1S/C16H25N3O2/c1-12(2)14-3-5-15(6-4-14)19-16(20)18-10-13-9-17-7-8-21-11-13/h3-6,12-13,17H,7-11H2,1-2H3,(H2,18,19,20)/t13-/m0/s1. The Bertz CT molecular complexity index is 437. The van der Waals surface area contributed by atoms with E-state index in [0.717, 1.165) is 25.4 Å². The summed E-state index contributed by atoms with van der Waals surface area (Å²) >= 11 is 0. The van der Waals surface area contributed by atoms with Crippen molar-refractivity contribution in [2.24, 2.45) is 5.92 Å². The number of hydrogen-bond donors (Lipinski definition) is 3. The third kappa shape index (κ3) is 5.36. The quantitative estimate of drug-likeness (QED) is 0.796. The average Bonchev–Trinajstić information content (AvgIpc) is 2.74. The maximum atomic E-state index is 11.9. The van der Waals surface area contributed by atoms with Crippen LogP contribution >= 0.6 is 0 Å². The average molecular weight is 291 g/mol. The molecule has 1 aliphatic heterocycles. The van der Waals surface area contributed by atoms with Gasteiger partial charge in [0.05, 0.1) is 13.2 Å². The van der Waals surface area contributed by atoms with E-state index in [1.165, 1.54) is 5.56 Å². The van der Waals surface area contributed by atoms with Crippen LogP contribution in [0.2, 0.25) is 0 Å². The first kappa shape index (κ1) is 15.8. The molecule has 2 rings (SSSR count). The van der Waals surface area contributed by atoms with Crippen molar-refractivity contribution in [3.8, 4) is 0 Å². The maximum Gasteiger partial charge on any atom is 0.319 e. The molecular formula is C16H25N3O2. The molecule has 3 N–H and O–H groups in total. The Morgan fingerprint density at radius 3 is 2.86 bits per heavy atom. The minimum Gasteiger partial charge on any atom is -0.380 e. The highest BCUT2D eigenvalue weighted by Gasteiger charge is 2.13. The Labute approximate surface area is 126 Å². The van der Waals surface area contributed by atoms with Crippen molar-refractivity contribution in [2.45, 2.75) is 19.8 Å². The van der Waals surface area contributed by atoms with E-state index in [0.29, 0.717) is 25.0 Å². The van der Waals surface area contributed by atoms with Crippen molar-refractivity contribution in [1.29, 1.82) is 0 Å². The molecule has 0 saturated carbocycles. The smallest absolute Gasteiger partial charge is 0.319 e. The molecule has 1 fully saturated rings. The van der Waals surface area contributed by atoms with Gasteiger partial charge in [0, 0.05) is 31.2 Å². The summed E-state index contributed by atoms with van der Waals surface area (Å²) in [6.07, 6.45) is 0. The lowest BCUT2D eigenvalue weighted by Gasteiger charge is -2.15. The Kier molecular flexibility index (Phi) is 6.02. The topological polar surface area (TPSA) is 62.4 Å². The third-order valence-electron chi connectivity index (χ3n) is 3.60. The lowest BCUT2D eigenvalue weighted by molar-refractivity contribution is 0.123. The van der Waals surface area contributed by atoms with Crippen LogP contribution < -0.4 is 16.0 Å². The number of ether oxygens (including phenoxy) is 1. The second kappa shape index (κ2) is 8.00. The predicted octanol–water partition coefficient (Wildman–Crippen LogP) is 2.17. The molecule has 0 aromatic heterocycles. The van der Waals surface area contributed by atoms with Gasteiger partial charge in [-0.25, -0.2) is 4.79 Å². The zero-order chi connectivity index (χ0) is 15.1. The molecule has 0 radical (unpaired) electrons. The van der Waals surface area contributed by atoms with Crippen LogP contribution in [-0.2, 0) is 4.74 Å². The number of rotatable bonds is 4. The van der Waals surface area contributed by atoms with Crippen molar-refractivity contribution in [3.63, 3.8) is 0 Å². The minimum atomic E-state index is -0.170. The number of benzene rings is 1. The molecule has 1 saturated heterocycles. The first-order chi connectivity index (χ1) is 10.1. The molecule has 0 unspecified atom stereocenters. The van der Waals surface area contributed by atoms with Crippen LogP contribution in [0.15, 0.2) is 24.3 Å². The van der Waals surface area contributed by atoms with Gasteiger partial charge in [-0.3, -0.25) is 0 Å². The zero-order valence-corrected chi connectivity index (χ0v) is 12.8. The molecule has 5 heteroatoms. The Balaban J connectivity index is 1.75. The minimum absolute atomic E-state index is 0.170. The summed E-state index contributed by atoms with van der Waals surface area (Å²) in [5, 5.41) is 9.04. The number of hydrogen-bond acceptors (Lipinski definition) is 3. The van der Waals surface area contributed by atoms with Gasteiger partial charge in [0.1, 0.15) is 0 Å². The maximum absolute atomic E-state index is 11.9. The van der Waals surface area contributed by atoms with Gasteiger partial charge in [-0.15, -0.1) is 0 Å². The van der Waals surface area contributed by atoms with E-state index in [1.54, 1.807) is 0 Å². The summed E-state index contributed by atoms with van der Waals surface area (Å²) in [4.78, 5) is 11.9. The number of urea groups is 1. The second-order valence-electron chi connectivity index (χ2n) is 5.76. The van der Waals surface area contributed by atoms with Crippen LogP contribution in [0.5, 0.6) is 0 Å². The highest BCUT2D eigenvalue weighted by molar-refractivity contribution is 5.89. The van der Waals surface area contributed by atoms with E-state index in [1.807, 2.05) is 24.3 Å². The zero-order valence-electron chi connectivity index (χ0n) is 12.8. The molecule has 0 aliphatic carbocycles. The fourth-order valence-corrected chi connectivity index (χ4v) is 2.25. The SMILES string of the molecule is CC(C)c1ccc(NC(=O)NC[C@@H]2CNCCOC2)cc1. The van der Waals surface area contributed by atoms with E-state index < -0.39 is 0 Å². The van der Waals surface area contributed by atoms with Gasteiger partial charge >= 0.3 is 6.03 Å². The number of nitrogens with one attached hydrogen (secondary N) is 3. The monoisotopic (exact) mass is 291 g/mol. The molecule has 2 amide bonds. The molecule has 116 valence electrons. The van der Waals surface area contributed by atoms with E-state index in [2.05, 4.69) is 29.8 Å². The number of carbonyl (C=O) groups excluding carboxylic acids is 1. The predicted molar refractivity (Wildman–Crippen MR) is 84.7 cm³/mol. The summed E-state index contributed by atoms with van der Waals surface area (Å²) < 4.78 is 5.46. The number of amides is 2. The van der Waals surface area contributed by atoms with Crippen molar-refractivity contribution >= 4 is 11.7 Å². The van der Waals surface area contributed by atoms with Gasteiger partial charge in [-0.1, -0.05) is 26.0 Å². The van der Waals surface area contributed by atoms with Crippen molar-refractivity contribution in [2.75, 3.05) is 38.2 Å². The molecule has 21 heavy (non-hydrogen) atoms.